The number of rotatable bonds is 6. The van der Waals surface area contributed by atoms with Crippen molar-refractivity contribution in [1.82, 2.24) is 30.8 Å². The van der Waals surface area contributed by atoms with Crippen LogP contribution in [0.2, 0.25) is 0 Å². The second-order valence-corrected chi connectivity index (χ2v) is 5.11. The molecule has 1 atom stereocenters. The Hall–Kier alpha value is -2.77. The number of aromatic nitrogens is 4. The van der Waals surface area contributed by atoms with Crippen molar-refractivity contribution in [3.63, 3.8) is 0 Å². The molecule has 1 heterocycles. The van der Waals surface area contributed by atoms with E-state index >= 15 is 0 Å². The van der Waals surface area contributed by atoms with Gasteiger partial charge in [-0.1, -0.05) is 37.3 Å². The topological polar surface area (TPSA) is 102 Å². The summed E-state index contributed by atoms with van der Waals surface area (Å²) >= 11 is 0. The second-order valence-electron chi connectivity index (χ2n) is 5.11. The Morgan fingerprint density at radius 1 is 1.22 bits per heavy atom. The van der Waals surface area contributed by atoms with Crippen molar-refractivity contribution in [1.29, 1.82) is 0 Å². The summed E-state index contributed by atoms with van der Waals surface area (Å²) in [6.07, 6.45) is 0.876. The maximum atomic E-state index is 11.9. The number of carbonyl (C=O) groups is 2. The summed E-state index contributed by atoms with van der Waals surface area (Å²) in [5, 5.41) is 16.4. The first-order valence-electron chi connectivity index (χ1n) is 7.50. The maximum Gasteiger partial charge on any atom is 0.309 e. The van der Waals surface area contributed by atoms with Gasteiger partial charge in [0.15, 0.2) is 5.82 Å². The number of tetrazole rings is 1. The van der Waals surface area contributed by atoms with Crippen LogP contribution in [0.15, 0.2) is 30.3 Å². The minimum atomic E-state index is -0.709. The molecule has 0 radical (unpaired) electrons. The van der Waals surface area contributed by atoms with Crippen molar-refractivity contribution in [2.75, 3.05) is 0 Å². The van der Waals surface area contributed by atoms with Crippen molar-refractivity contribution < 1.29 is 9.59 Å². The maximum absolute atomic E-state index is 11.9. The highest BCUT2D eigenvalue weighted by Gasteiger charge is 2.17. The van der Waals surface area contributed by atoms with Gasteiger partial charge < -0.3 is 10.6 Å². The van der Waals surface area contributed by atoms with Crippen LogP contribution in [0.4, 0.5) is 0 Å². The largest absolute Gasteiger partial charge is 0.341 e. The fourth-order valence-corrected chi connectivity index (χ4v) is 2.06. The normalized spacial score (nSPS) is 11.7. The van der Waals surface area contributed by atoms with E-state index in [0.29, 0.717) is 12.4 Å². The van der Waals surface area contributed by atoms with Gasteiger partial charge in [0.05, 0.1) is 12.6 Å². The number of hydrogen-bond donors (Lipinski definition) is 2. The van der Waals surface area contributed by atoms with Crippen LogP contribution >= 0.6 is 0 Å². The highest BCUT2D eigenvalue weighted by atomic mass is 16.2. The highest BCUT2D eigenvalue weighted by Crippen LogP contribution is 2.10. The third kappa shape index (κ3) is 4.60. The van der Waals surface area contributed by atoms with E-state index in [1.807, 2.05) is 44.2 Å². The number of nitrogens with one attached hydrogen (secondary N) is 2. The Morgan fingerprint density at radius 3 is 2.65 bits per heavy atom. The Kier molecular flexibility index (Phi) is 5.79. The zero-order chi connectivity index (χ0) is 16.7. The molecule has 1 aromatic carbocycles. The van der Waals surface area contributed by atoms with Crippen LogP contribution in [-0.2, 0) is 22.7 Å². The van der Waals surface area contributed by atoms with Gasteiger partial charge in [0.2, 0.25) is 0 Å². The van der Waals surface area contributed by atoms with Gasteiger partial charge in [-0.2, -0.15) is 0 Å². The summed E-state index contributed by atoms with van der Waals surface area (Å²) in [5.74, 6) is -0.876. The first-order chi connectivity index (χ1) is 11.1. The molecule has 23 heavy (non-hydrogen) atoms. The van der Waals surface area contributed by atoms with E-state index in [1.54, 1.807) is 4.68 Å². The van der Waals surface area contributed by atoms with Gasteiger partial charge in [0.1, 0.15) is 0 Å². The molecule has 1 aromatic heterocycles. The lowest BCUT2D eigenvalue weighted by molar-refractivity contribution is -0.139. The molecule has 2 N–H and O–H groups in total. The van der Waals surface area contributed by atoms with E-state index in [2.05, 4.69) is 26.2 Å². The molecular formula is C15H20N6O2. The monoisotopic (exact) mass is 316 g/mol. The minimum absolute atomic E-state index is 0.110. The van der Waals surface area contributed by atoms with E-state index < -0.39 is 11.8 Å². The molecule has 0 aliphatic heterocycles. The summed E-state index contributed by atoms with van der Waals surface area (Å²) < 4.78 is 1.60. The van der Waals surface area contributed by atoms with Crippen LogP contribution in [0.5, 0.6) is 0 Å². The van der Waals surface area contributed by atoms with Gasteiger partial charge in [-0.25, -0.2) is 4.68 Å². The van der Waals surface area contributed by atoms with Crippen LogP contribution in [0.25, 0.3) is 0 Å². The van der Waals surface area contributed by atoms with Gasteiger partial charge in [-0.3, -0.25) is 9.59 Å². The predicted octanol–water partition coefficient (Wildman–Crippen LogP) is 0.577. The average molecular weight is 316 g/mol. The molecule has 8 nitrogen and oxygen atoms in total. The first kappa shape index (κ1) is 16.6. The molecule has 0 aliphatic carbocycles. The van der Waals surface area contributed by atoms with Crippen molar-refractivity contribution in [2.45, 2.75) is 39.4 Å². The lowest BCUT2D eigenvalue weighted by Crippen LogP contribution is -2.41. The number of carbonyl (C=O) groups excluding carboxylic acids is 2. The molecule has 1 unspecified atom stereocenters. The third-order valence-electron chi connectivity index (χ3n) is 3.30. The molecule has 0 bridgehead atoms. The predicted molar refractivity (Wildman–Crippen MR) is 83.0 cm³/mol. The lowest BCUT2D eigenvalue weighted by atomic mass is 10.1. The van der Waals surface area contributed by atoms with E-state index in [9.17, 15) is 9.59 Å². The molecule has 0 aliphatic rings. The molecule has 0 spiro atoms. The van der Waals surface area contributed by atoms with Gasteiger partial charge in [-0.15, -0.1) is 5.10 Å². The summed E-state index contributed by atoms with van der Waals surface area (Å²) in [5.41, 5.74) is 0.931. The summed E-state index contributed by atoms with van der Waals surface area (Å²) in [4.78, 5) is 23.8. The minimum Gasteiger partial charge on any atom is -0.341 e. The van der Waals surface area contributed by atoms with Crippen molar-refractivity contribution >= 4 is 11.8 Å². The Morgan fingerprint density at radius 2 is 1.96 bits per heavy atom. The van der Waals surface area contributed by atoms with Crippen LogP contribution in [-0.4, -0.2) is 32.0 Å². The quantitative estimate of drug-likeness (QED) is 0.759. The summed E-state index contributed by atoms with van der Waals surface area (Å²) in [6.45, 7) is 4.60. The smallest absolute Gasteiger partial charge is 0.309 e. The Labute approximate surface area is 134 Å². The van der Waals surface area contributed by atoms with Crippen molar-refractivity contribution in [2.24, 2.45) is 0 Å². The zero-order valence-electron chi connectivity index (χ0n) is 13.2. The molecule has 0 fully saturated rings. The summed E-state index contributed by atoms with van der Waals surface area (Å²) in [7, 11) is 0. The average Bonchev–Trinajstić information content (AvgIpc) is 3.01. The fraction of sp³-hybridized carbons (Fsp3) is 0.400. The van der Waals surface area contributed by atoms with Gasteiger partial charge in [0, 0.05) is 6.54 Å². The molecule has 0 saturated heterocycles. The van der Waals surface area contributed by atoms with Crippen molar-refractivity contribution in [3.8, 4) is 0 Å². The van der Waals surface area contributed by atoms with E-state index in [4.69, 9.17) is 0 Å². The fourth-order valence-electron chi connectivity index (χ4n) is 2.06. The Bertz CT molecular complexity index is 655. The SMILES string of the molecule is CCCn1nnnc1CNC(=O)C(=O)NC(C)c1ccccc1. The first-order valence-corrected chi connectivity index (χ1v) is 7.50. The summed E-state index contributed by atoms with van der Waals surface area (Å²) in [6, 6.07) is 9.19. The molecule has 2 rings (SSSR count). The molecule has 8 heteroatoms. The van der Waals surface area contributed by atoms with Crippen LogP contribution < -0.4 is 10.6 Å². The van der Waals surface area contributed by atoms with E-state index in [-0.39, 0.29) is 12.6 Å². The number of benzene rings is 1. The molecule has 122 valence electrons. The standard InChI is InChI=1S/C15H20N6O2/c1-3-9-21-13(18-19-20-21)10-16-14(22)15(23)17-11(2)12-7-5-4-6-8-12/h4-8,11H,3,9-10H2,1-2H3,(H,16,22)(H,17,23). The van der Waals surface area contributed by atoms with Crippen LogP contribution in [0, 0.1) is 0 Å². The van der Waals surface area contributed by atoms with Crippen LogP contribution in [0.3, 0.4) is 0 Å². The third-order valence-corrected chi connectivity index (χ3v) is 3.30. The molecule has 2 aromatic rings. The zero-order valence-corrected chi connectivity index (χ0v) is 13.2. The van der Waals surface area contributed by atoms with E-state index in [0.717, 1.165) is 12.0 Å². The van der Waals surface area contributed by atoms with E-state index in [1.165, 1.54) is 0 Å². The second kappa shape index (κ2) is 8.02. The van der Waals surface area contributed by atoms with Crippen LogP contribution in [0.1, 0.15) is 37.7 Å². The molecule has 2 amide bonds. The molecular weight excluding hydrogens is 296 g/mol. The molecule has 0 saturated carbocycles. The van der Waals surface area contributed by atoms with Gasteiger partial charge in [-0.05, 0) is 29.3 Å². The number of amides is 2. The van der Waals surface area contributed by atoms with Gasteiger partial charge in [0.25, 0.3) is 0 Å². The lowest BCUT2D eigenvalue weighted by Gasteiger charge is -2.13. The highest BCUT2D eigenvalue weighted by molar-refractivity contribution is 6.35. The Balaban J connectivity index is 1.85. The number of hydrogen-bond acceptors (Lipinski definition) is 5. The van der Waals surface area contributed by atoms with Gasteiger partial charge >= 0.3 is 11.8 Å². The van der Waals surface area contributed by atoms with Crippen molar-refractivity contribution in [3.05, 3.63) is 41.7 Å². The number of nitrogens with zero attached hydrogens (tertiary/aromatic N) is 4. The number of aryl methyl sites for hydroxylation is 1.